The van der Waals surface area contributed by atoms with Crippen molar-refractivity contribution in [2.75, 3.05) is 40.6 Å². The van der Waals surface area contributed by atoms with Crippen LogP contribution in [0, 0.1) is 0 Å². The second kappa shape index (κ2) is 10.4. The van der Waals surface area contributed by atoms with Crippen LogP contribution < -0.4 is 14.8 Å². The van der Waals surface area contributed by atoms with E-state index < -0.39 is 0 Å². The molecule has 0 fully saturated rings. The summed E-state index contributed by atoms with van der Waals surface area (Å²) < 4.78 is 21.4. The van der Waals surface area contributed by atoms with Crippen LogP contribution in [0.2, 0.25) is 0 Å². The van der Waals surface area contributed by atoms with Gasteiger partial charge < -0.3 is 24.3 Å². The molecule has 0 aromatic heterocycles. The Morgan fingerprint density at radius 2 is 1.81 bits per heavy atom. The molecule has 0 saturated heterocycles. The van der Waals surface area contributed by atoms with Crippen LogP contribution in [0.1, 0.15) is 19.4 Å². The summed E-state index contributed by atoms with van der Waals surface area (Å²) in [6.45, 7) is 7.23. The highest BCUT2D eigenvalue weighted by atomic mass is 16.5. The number of hydrogen-bond acceptors (Lipinski definition) is 5. The minimum atomic E-state index is 0.418. The molecule has 21 heavy (non-hydrogen) atoms. The first-order chi connectivity index (χ1) is 10.2. The molecule has 0 atom stereocenters. The van der Waals surface area contributed by atoms with Gasteiger partial charge in [0.15, 0.2) is 0 Å². The third-order valence-corrected chi connectivity index (χ3v) is 2.89. The van der Waals surface area contributed by atoms with E-state index in [1.54, 1.807) is 14.2 Å². The molecule has 0 spiro atoms. The number of hydrogen-bond donors (Lipinski definition) is 1. The topological polar surface area (TPSA) is 49.0 Å². The molecule has 0 amide bonds. The lowest BCUT2D eigenvalue weighted by molar-refractivity contribution is 0.0542. The average molecular weight is 297 g/mol. The molecule has 0 heterocycles. The molecule has 0 unspecified atom stereocenters. The highest BCUT2D eigenvalue weighted by Gasteiger charge is 2.06. The van der Waals surface area contributed by atoms with Crippen molar-refractivity contribution < 1.29 is 18.9 Å². The fourth-order valence-corrected chi connectivity index (χ4v) is 1.73. The Morgan fingerprint density at radius 1 is 1.05 bits per heavy atom. The molecule has 1 aromatic rings. The Bertz CT molecular complexity index is 396. The molecule has 0 bridgehead atoms. The summed E-state index contributed by atoms with van der Waals surface area (Å²) in [7, 11) is 3.32. The molecular weight excluding hydrogens is 270 g/mol. The maximum Gasteiger partial charge on any atom is 0.124 e. The van der Waals surface area contributed by atoms with E-state index in [1.165, 1.54) is 0 Å². The van der Waals surface area contributed by atoms with Gasteiger partial charge in [0.05, 0.1) is 26.9 Å². The predicted octanol–water partition coefficient (Wildman–Crippen LogP) is 2.24. The van der Waals surface area contributed by atoms with Crippen molar-refractivity contribution in [1.82, 2.24) is 5.32 Å². The number of methoxy groups -OCH3 is 2. The van der Waals surface area contributed by atoms with Gasteiger partial charge in [-0.1, -0.05) is 13.8 Å². The first-order valence-electron chi connectivity index (χ1n) is 7.27. The standard InChI is InChI=1S/C16H27NO4/c1-13(2)17-12-14-11-15(19-4)5-6-16(14)21-10-9-20-8-7-18-3/h5-6,11,13,17H,7-10,12H2,1-4H3. The molecule has 0 aliphatic rings. The molecule has 5 heteroatoms. The van der Waals surface area contributed by atoms with Gasteiger partial charge >= 0.3 is 0 Å². The highest BCUT2D eigenvalue weighted by molar-refractivity contribution is 5.40. The molecule has 5 nitrogen and oxygen atoms in total. The third kappa shape index (κ3) is 7.32. The first-order valence-corrected chi connectivity index (χ1v) is 7.27. The summed E-state index contributed by atoms with van der Waals surface area (Å²) in [4.78, 5) is 0. The molecule has 0 aliphatic carbocycles. The van der Waals surface area contributed by atoms with Crippen LogP contribution in [0.4, 0.5) is 0 Å². The van der Waals surface area contributed by atoms with Crippen molar-refractivity contribution in [2.24, 2.45) is 0 Å². The Hall–Kier alpha value is -1.30. The molecule has 0 aliphatic heterocycles. The lowest BCUT2D eigenvalue weighted by atomic mass is 10.1. The predicted molar refractivity (Wildman–Crippen MR) is 83.2 cm³/mol. The van der Waals surface area contributed by atoms with Gasteiger partial charge in [0.2, 0.25) is 0 Å². The zero-order chi connectivity index (χ0) is 15.5. The Morgan fingerprint density at radius 3 is 2.48 bits per heavy atom. The van der Waals surface area contributed by atoms with Gasteiger partial charge in [-0.05, 0) is 18.2 Å². The van der Waals surface area contributed by atoms with E-state index in [0.29, 0.717) is 32.5 Å². The number of ether oxygens (including phenoxy) is 4. The van der Waals surface area contributed by atoms with E-state index in [9.17, 15) is 0 Å². The van der Waals surface area contributed by atoms with Crippen molar-refractivity contribution in [3.05, 3.63) is 23.8 Å². The zero-order valence-electron chi connectivity index (χ0n) is 13.5. The summed E-state index contributed by atoms with van der Waals surface area (Å²) in [6, 6.07) is 6.25. The van der Waals surface area contributed by atoms with Crippen molar-refractivity contribution in [3.63, 3.8) is 0 Å². The van der Waals surface area contributed by atoms with Gasteiger partial charge in [0.25, 0.3) is 0 Å². The highest BCUT2D eigenvalue weighted by Crippen LogP contribution is 2.24. The molecule has 1 N–H and O–H groups in total. The fraction of sp³-hybridized carbons (Fsp3) is 0.625. The first kappa shape index (κ1) is 17.8. The summed E-state index contributed by atoms with van der Waals surface area (Å²) >= 11 is 0. The molecular formula is C16H27NO4. The van der Waals surface area contributed by atoms with Crippen LogP contribution >= 0.6 is 0 Å². The maximum absolute atomic E-state index is 5.79. The second-order valence-electron chi connectivity index (χ2n) is 4.96. The molecule has 120 valence electrons. The minimum Gasteiger partial charge on any atom is -0.497 e. The van der Waals surface area contributed by atoms with Crippen molar-refractivity contribution in [2.45, 2.75) is 26.4 Å². The molecule has 1 rings (SSSR count). The van der Waals surface area contributed by atoms with Crippen LogP contribution in [0.15, 0.2) is 18.2 Å². The lowest BCUT2D eigenvalue weighted by Gasteiger charge is -2.15. The van der Waals surface area contributed by atoms with Gasteiger partial charge in [-0.2, -0.15) is 0 Å². The number of nitrogens with one attached hydrogen (secondary N) is 1. The Kier molecular flexibility index (Phi) is 8.82. The van der Waals surface area contributed by atoms with E-state index in [0.717, 1.165) is 23.6 Å². The van der Waals surface area contributed by atoms with E-state index in [1.807, 2.05) is 18.2 Å². The van der Waals surface area contributed by atoms with Gasteiger partial charge in [-0.25, -0.2) is 0 Å². The summed E-state index contributed by atoms with van der Waals surface area (Å²) in [5.74, 6) is 1.69. The SMILES string of the molecule is COCCOCCOc1ccc(OC)cc1CNC(C)C. The summed E-state index contributed by atoms with van der Waals surface area (Å²) in [5, 5.41) is 3.39. The van der Waals surface area contributed by atoms with Gasteiger partial charge in [0.1, 0.15) is 18.1 Å². The van der Waals surface area contributed by atoms with Crippen LogP contribution in [-0.2, 0) is 16.0 Å². The van der Waals surface area contributed by atoms with E-state index in [2.05, 4.69) is 19.2 Å². The van der Waals surface area contributed by atoms with E-state index in [4.69, 9.17) is 18.9 Å². The van der Waals surface area contributed by atoms with Crippen molar-refractivity contribution in [1.29, 1.82) is 0 Å². The third-order valence-electron chi connectivity index (χ3n) is 2.89. The van der Waals surface area contributed by atoms with Crippen LogP contribution in [0.25, 0.3) is 0 Å². The Labute approximate surface area is 127 Å². The minimum absolute atomic E-state index is 0.418. The van der Waals surface area contributed by atoms with Crippen LogP contribution in [0.3, 0.4) is 0 Å². The van der Waals surface area contributed by atoms with Crippen molar-refractivity contribution >= 4 is 0 Å². The number of benzene rings is 1. The molecule has 0 saturated carbocycles. The smallest absolute Gasteiger partial charge is 0.124 e. The van der Waals surface area contributed by atoms with Crippen LogP contribution in [-0.4, -0.2) is 46.7 Å². The monoisotopic (exact) mass is 297 g/mol. The Balaban J connectivity index is 2.50. The van der Waals surface area contributed by atoms with Crippen molar-refractivity contribution in [3.8, 4) is 11.5 Å². The quantitative estimate of drug-likeness (QED) is 0.635. The number of rotatable bonds is 11. The molecule has 1 aromatic carbocycles. The van der Waals surface area contributed by atoms with E-state index >= 15 is 0 Å². The lowest BCUT2D eigenvalue weighted by Crippen LogP contribution is -2.22. The fourth-order valence-electron chi connectivity index (χ4n) is 1.73. The van der Waals surface area contributed by atoms with Gasteiger partial charge in [-0.15, -0.1) is 0 Å². The van der Waals surface area contributed by atoms with Crippen LogP contribution in [0.5, 0.6) is 11.5 Å². The molecule has 0 radical (unpaired) electrons. The summed E-state index contributed by atoms with van der Waals surface area (Å²) in [6.07, 6.45) is 0. The van der Waals surface area contributed by atoms with Gasteiger partial charge in [0, 0.05) is 25.3 Å². The second-order valence-corrected chi connectivity index (χ2v) is 4.96. The maximum atomic E-state index is 5.79. The normalized spacial score (nSPS) is 10.9. The van der Waals surface area contributed by atoms with Gasteiger partial charge in [-0.3, -0.25) is 0 Å². The van der Waals surface area contributed by atoms with E-state index in [-0.39, 0.29) is 0 Å². The average Bonchev–Trinajstić information content (AvgIpc) is 2.49. The zero-order valence-corrected chi connectivity index (χ0v) is 13.5. The summed E-state index contributed by atoms with van der Waals surface area (Å²) in [5.41, 5.74) is 1.08. The largest absolute Gasteiger partial charge is 0.497 e.